The van der Waals surface area contributed by atoms with E-state index in [1.165, 1.54) is 4.31 Å². The van der Waals surface area contributed by atoms with E-state index in [1.54, 1.807) is 24.3 Å². The fourth-order valence-electron chi connectivity index (χ4n) is 2.81. The van der Waals surface area contributed by atoms with Gasteiger partial charge in [0.25, 0.3) is 0 Å². The van der Waals surface area contributed by atoms with Crippen molar-refractivity contribution < 1.29 is 13.2 Å². The molecule has 2 rings (SSSR count). The van der Waals surface area contributed by atoms with Crippen LogP contribution in [-0.4, -0.2) is 51.4 Å². The van der Waals surface area contributed by atoms with Gasteiger partial charge in [0, 0.05) is 32.1 Å². The number of nitrogens with one attached hydrogen (secondary N) is 2. The van der Waals surface area contributed by atoms with Crippen LogP contribution in [0.15, 0.2) is 29.2 Å². The summed E-state index contributed by atoms with van der Waals surface area (Å²) in [7, 11) is -3.46. The van der Waals surface area contributed by atoms with E-state index in [4.69, 9.17) is 0 Å². The highest BCUT2D eigenvalue weighted by Gasteiger charge is 2.31. The molecule has 0 atom stereocenters. The van der Waals surface area contributed by atoms with E-state index in [0.29, 0.717) is 37.4 Å². The number of likely N-dealkylation sites (N-methyl/N-ethyl adjacent to an activating group) is 1. The Hall–Kier alpha value is -1.44. The van der Waals surface area contributed by atoms with Crippen LogP contribution in [-0.2, 0) is 14.8 Å². The Morgan fingerprint density at radius 2 is 1.79 bits per heavy atom. The van der Waals surface area contributed by atoms with Crippen LogP contribution in [0.1, 0.15) is 25.3 Å². The van der Waals surface area contributed by atoms with E-state index in [0.717, 1.165) is 18.7 Å². The zero-order valence-corrected chi connectivity index (χ0v) is 15.2. The van der Waals surface area contributed by atoms with Crippen molar-refractivity contribution in [1.29, 1.82) is 0 Å². The third kappa shape index (κ3) is 4.78. The fraction of sp³-hybridized carbons (Fsp3) is 0.588. The second-order valence-electron chi connectivity index (χ2n) is 6.14. The molecule has 1 amide bonds. The van der Waals surface area contributed by atoms with E-state index >= 15 is 0 Å². The van der Waals surface area contributed by atoms with Gasteiger partial charge in [-0.15, -0.1) is 0 Å². The quantitative estimate of drug-likeness (QED) is 0.720. The Morgan fingerprint density at radius 1 is 1.17 bits per heavy atom. The molecule has 1 aliphatic rings. The molecule has 1 aromatic rings. The molecule has 0 saturated carbocycles. The summed E-state index contributed by atoms with van der Waals surface area (Å²) >= 11 is 0. The summed E-state index contributed by atoms with van der Waals surface area (Å²) in [5.74, 6) is -0.0728. The van der Waals surface area contributed by atoms with E-state index < -0.39 is 10.0 Å². The molecule has 7 heteroatoms. The minimum absolute atomic E-state index is 0.0280. The van der Waals surface area contributed by atoms with Crippen LogP contribution < -0.4 is 10.6 Å². The lowest BCUT2D eigenvalue weighted by molar-refractivity contribution is -0.126. The summed E-state index contributed by atoms with van der Waals surface area (Å²) in [6.07, 6.45) is 1.14. The first-order valence-electron chi connectivity index (χ1n) is 8.50. The SMILES string of the molecule is CCNCCNC(=O)C1CCN(S(=O)(=O)c2ccc(C)cc2)CC1. The maximum atomic E-state index is 12.6. The lowest BCUT2D eigenvalue weighted by Crippen LogP contribution is -2.44. The highest BCUT2D eigenvalue weighted by molar-refractivity contribution is 7.89. The molecule has 0 bridgehead atoms. The van der Waals surface area contributed by atoms with Gasteiger partial charge in [0.05, 0.1) is 4.90 Å². The summed E-state index contributed by atoms with van der Waals surface area (Å²) < 4.78 is 26.8. The standard InChI is InChI=1S/C17H27N3O3S/c1-3-18-10-11-19-17(21)15-8-12-20(13-9-15)24(22,23)16-6-4-14(2)5-7-16/h4-7,15,18H,3,8-13H2,1-2H3,(H,19,21). The number of hydrogen-bond acceptors (Lipinski definition) is 4. The van der Waals surface area contributed by atoms with Crippen LogP contribution >= 0.6 is 0 Å². The first kappa shape index (κ1) is 18.9. The van der Waals surface area contributed by atoms with Gasteiger partial charge in [0.15, 0.2) is 0 Å². The Labute approximate surface area is 144 Å². The molecule has 0 aromatic heterocycles. The molecule has 1 aliphatic heterocycles. The van der Waals surface area contributed by atoms with Crippen LogP contribution in [0.4, 0.5) is 0 Å². The number of carbonyl (C=O) groups excluding carboxylic acids is 1. The van der Waals surface area contributed by atoms with Gasteiger partial charge in [-0.2, -0.15) is 4.31 Å². The van der Waals surface area contributed by atoms with Crippen LogP contribution in [0.2, 0.25) is 0 Å². The monoisotopic (exact) mass is 353 g/mol. The molecule has 0 spiro atoms. The second kappa shape index (κ2) is 8.60. The number of amides is 1. The Balaban J connectivity index is 1.87. The van der Waals surface area contributed by atoms with Crippen molar-refractivity contribution in [2.45, 2.75) is 31.6 Å². The molecular weight excluding hydrogens is 326 g/mol. The van der Waals surface area contributed by atoms with Crippen molar-refractivity contribution in [3.8, 4) is 0 Å². The summed E-state index contributed by atoms with van der Waals surface area (Å²) in [5, 5.41) is 6.06. The number of benzene rings is 1. The van der Waals surface area contributed by atoms with Gasteiger partial charge in [-0.05, 0) is 38.4 Å². The first-order chi connectivity index (χ1) is 11.4. The van der Waals surface area contributed by atoms with Gasteiger partial charge >= 0.3 is 0 Å². The summed E-state index contributed by atoms with van der Waals surface area (Å²) in [6, 6.07) is 6.89. The van der Waals surface area contributed by atoms with E-state index in [2.05, 4.69) is 10.6 Å². The smallest absolute Gasteiger partial charge is 0.243 e. The van der Waals surface area contributed by atoms with Gasteiger partial charge in [-0.1, -0.05) is 24.6 Å². The minimum Gasteiger partial charge on any atom is -0.355 e. The average molecular weight is 353 g/mol. The topological polar surface area (TPSA) is 78.5 Å². The maximum absolute atomic E-state index is 12.6. The molecule has 1 saturated heterocycles. The van der Waals surface area contributed by atoms with Crippen molar-refractivity contribution in [1.82, 2.24) is 14.9 Å². The Bertz CT molecular complexity index is 636. The molecule has 1 aromatic carbocycles. The molecule has 1 heterocycles. The van der Waals surface area contributed by atoms with Crippen molar-refractivity contribution in [3.05, 3.63) is 29.8 Å². The van der Waals surface area contributed by atoms with Crippen molar-refractivity contribution >= 4 is 15.9 Å². The molecule has 0 radical (unpaired) electrons. The number of nitrogens with zero attached hydrogens (tertiary/aromatic N) is 1. The van der Waals surface area contributed by atoms with Crippen LogP contribution in [0, 0.1) is 12.8 Å². The number of piperidine rings is 1. The summed E-state index contributed by atoms with van der Waals surface area (Å²) in [4.78, 5) is 12.4. The highest BCUT2D eigenvalue weighted by atomic mass is 32.2. The van der Waals surface area contributed by atoms with Crippen LogP contribution in [0.5, 0.6) is 0 Å². The third-order valence-corrected chi connectivity index (χ3v) is 6.25. The predicted octanol–water partition coefficient (Wildman–Crippen LogP) is 1.12. The van der Waals surface area contributed by atoms with E-state index in [1.807, 2.05) is 13.8 Å². The lowest BCUT2D eigenvalue weighted by atomic mass is 9.97. The van der Waals surface area contributed by atoms with Gasteiger partial charge < -0.3 is 10.6 Å². The molecule has 24 heavy (non-hydrogen) atoms. The first-order valence-corrected chi connectivity index (χ1v) is 9.94. The Morgan fingerprint density at radius 3 is 2.38 bits per heavy atom. The van der Waals surface area contributed by atoms with Crippen molar-refractivity contribution in [3.63, 3.8) is 0 Å². The van der Waals surface area contributed by atoms with Crippen molar-refractivity contribution in [2.75, 3.05) is 32.7 Å². The summed E-state index contributed by atoms with van der Waals surface area (Å²) in [6.45, 7) is 6.97. The van der Waals surface area contributed by atoms with Crippen molar-refractivity contribution in [2.24, 2.45) is 5.92 Å². The molecule has 134 valence electrons. The molecule has 0 aliphatic carbocycles. The van der Waals surface area contributed by atoms with Gasteiger partial charge in [0.2, 0.25) is 15.9 Å². The molecule has 1 fully saturated rings. The lowest BCUT2D eigenvalue weighted by Gasteiger charge is -2.30. The number of hydrogen-bond donors (Lipinski definition) is 2. The fourth-order valence-corrected chi connectivity index (χ4v) is 4.28. The summed E-state index contributed by atoms with van der Waals surface area (Å²) in [5.41, 5.74) is 1.03. The third-order valence-electron chi connectivity index (χ3n) is 4.33. The van der Waals surface area contributed by atoms with E-state index in [9.17, 15) is 13.2 Å². The van der Waals surface area contributed by atoms with Crippen LogP contribution in [0.3, 0.4) is 0 Å². The average Bonchev–Trinajstić information content (AvgIpc) is 2.59. The molecule has 2 N–H and O–H groups in total. The maximum Gasteiger partial charge on any atom is 0.243 e. The second-order valence-corrected chi connectivity index (χ2v) is 8.07. The Kier molecular flexibility index (Phi) is 6.77. The molecule has 0 unspecified atom stereocenters. The largest absolute Gasteiger partial charge is 0.355 e. The number of sulfonamides is 1. The normalized spacial score (nSPS) is 16.9. The van der Waals surface area contributed by atoms with Gasteiger partial charge in [0.1, 0.15) is 0 Å². The van der Waals surface area contributed by atoms with Gasteiger partial charge in [-0.3, -0.25) is 4.79 Å². The molecular formula is C17H27N3O3S. The molecule has 6 nitrogen and oxygen atoms in total. The zero-order chi connectivity index (χ0) is 17.6. The minimum atomic E-state index is -3.46. The predicted molar refractivity (Wildman–Crippen MR) is 94.2 cm³/mol. The number of carbonyl (C=O) groups is 1. The number of aryl methyl sites for hydroxylation is 1. The highest BCUT2D eigenvalue weighted by Crippen LogP contribution is 2.24. The zero-order valence-electron chi connectivity index (χ0n) is 14.4. The van der Waals surface area contributed by atoms with E-state index in [-0.39, 0.29) is 11.8 Å². The number of rotatable bonds is 7. The van der Waals surface area contributed by atoms with Crippen LogP contribution in [0.25, 0.3) is 0 Å². The van der Waals surface area contributed by atoms with Gasteiger partial charge in [-0.25, -0.2) is 8.42 Å².